The van der Waals surface area contributed by atoms with Gasteiger partial charge in [-0.2, -0.15) is 0 Å². The largest absolute Gasteiger partial charge is 0.480 e. The van der Waals surface area contributed by atoms with Crippen molar-refractivity contribution in [2.24, 2.45) is 5.73 Å². The number of aliphatic carboxylic acids is 1. The van der Waals surface area contributed by atoms with Crippen LogP contribution in [0, 0.1) is 6.92 Å². The molecule has 0 heterocycles. The van der Waals surface area contributed by atoms with Gasteiger partial charge in [-0.15, -0.1) is 11.8 Å². The summed E-state index contributed by atoms with van der Waals surface area (Å²) in [4.78, 5) is 34.3. The standard InChI is InChI=1S/C14H18N2O4S/c1-9-2-4-10(5-3-9)21-7-6-13(18)16-11(14(19)20)8-12(15)17/h2-5,11H,6-8H2,1H3,(H2,15,17)(H,16,18)(H,19,20). The molecular formula is C14H18N2O4S. The molecule has 21 heavy (non-hydrogen) atoms. The maximum absolute atomic E-state index is 11.6. The Labute approximate surface area is 127 Å². The van der Waals surface area contributed by atoms with E-state index in [9.17, 15) is 14.4 Å². The minimum Gasteiger partial charge on any atom is -0.480 e. The van der Waals surface area contributed by atoms with E-state index in [-0.39, 0.29) is 6.42 Å². The Hall–Kier alpha value is -2.02. The molecule has 0 aliphatic rings. The summed E-state index contributed by atoms with van der Waals surface area (Å²) in [5, 5.41) is 11.2. The van der Waals surface area contributed by atoms with Crippen LogP contribution in [0.4, 0.5) is 0 Å². The summed E-state index contributed by atoms with van der Waals surface area (Å²) in [5.74, 6) is -1.93. The predicted molar refractivity (Wildman–Crippen MR) is 79.9 cm³/mol. The first kappa shape index (κ1) is 17.0. The minimum absolute atomic E-state index is 0.168. The highest BCUT2D eigenvalue weighted by molar-refractivity contribution is 7.99. The SMILES string of the molecule is Cc1ccc(SCCC(=O)NC(CC(N)=O)C(=O)O)cc1. The average molecular weight is 310 g/mol. The Kier molecular flexibility index (Phi) is 6.74. The molecule has 0 aliphatic carbocycles. The molecule has 0 aromatic heterocycles. The van der Waals surface area contributed by atoms with Crippen molar-refractivity contribution in [3.8, 4) is 0 Å². The lowest BCUT2D eigenvalue weighted by molar-refractivity contribution is -0.143. The van der Waals surface area contributed by atoms with Crippen LogP contribution in [-0.4, -0.2) is 34.7 Å². The number of amides is 2. The maximum atomic E-state index is 11.6. The van der Waals surface area contributed by atoms with Gasteiger partial charge in [0.15, 0.2) is 0 Å². The quantitative estimate of drug-likeness (QED) is 0.619. The molecule has 0 saturated carbocycles. The smallest absolute Gasteiger partial charge is 0.326 e. The molecule has 1 aromatic rings. The molecule has 0 radical (unpaired) electrons. The number of carboxylic acid groups (broad SMARTS) is 1. The zero-order valence-electron chi connectivity index (χ0n) is 11.7. The summed E-state index contributed by atoms with van der Waals surface area (Å²) in [5.41, 5.74) is 6.10. The second-order valence-corrected chi connectivity index (χ2v) is 5.71. The molecule has 2 amide bonds. The van der Waals surface area contributed by atoms with Crippen LogP contribution in [0.15, 0.2) is 29.2 Å². The van der Waals surface area contributed by atoms with Gasteiger partial charge in [0.2, 0.25) is 11.8 Å². The number of thioether (sulfide) groups is 1. The number of primary amides is 1. The van der Waals surface area contributed by atoms with E-state index in [1.807, 2.05) is 31.2 Å². The van der Waals surface area contributed by atoms with Gasteiger partial charge in [-0.05, 0) is 19.1 Å². The summed E-state index contributed by atoms with van der Waals surface area (Å²) >= 11 is 1.51. The Balaban J connectivity index is 2.37. The molecule has 6 nitrogen and oxygen atoms in total. The van der Waals surface area contributed by atoms with E-state index in [0.717, 1.165) is 10.5 Å². The summed E-state index contributed by atoms with van der Waals surface area (Å²) in [6.45, 7) is 1.99. The van der Waals surface area contributed by atoms with Crippen LogP contribution in [0.5, 0.6) is 0 Å². The van der Waals surface area contributed by atoms with E-state index in [1.165, 1.54) is 11.8 Å². The van der Waals surface area contributed by atoms with Gasteiger partial charge in [0, 0.05) is 17.1 Å². The first-order valence-electron chi connectivity index (χ1n) is 6.38. The van der Waals surface area contributed by atoms with Crippen LogP contribution in [0.25, 0.3) is 0 Å². The molecule has 114 valence electrons. The van der Waals surface area contributed by atoms with E-state index in [2.05, 4.69) is 5.32 Å². The van der Waals surface area contributed by atoms with Crippen molar-refractivity contribution >= 4 is 29.5 Å². The number of rotatable bonds is 8. The minimum atomic E-state index is -1.27. The molecule has 1 atom stereocenters. The van der Waals surface area contributed by atoms with Gasteiger partial charge in [-0.25, -0.2) is 4.79 Å². The third-order valence-electron chi connectivity index (χ3n) is 2.66. The summed E-state index contributed by atoms with van der Waals surface area (Å²) < 4.78 is 0. The number of hydrogen-bond acceptors (Lipinski definition) is 4. The normalized spacial score (nSPS) is 11.7. The Morgan fingerprint density at radius 3 is 2.43 bits per heavy atom. The molecule has 1 unspecified atom stereocenters. The van der Waals surface area contributed by atoms with Crippen LogP contribution in [0.3, 0.4) is 0 Å². The molecule has 0 saturated heterocycles. The summed E-state index contributed by atoms with van der Waals surface area (Å²) in [7, 11) is 0. The number of benzene rings is 1. The zero-order chi connectivity index (χ0) is 15.8. The Bertz CT molecular complexity index is 516. The number of nitrogens with two attached hydrogens (primary N) is 1. The highest BCUT2D eigenvalue weighted by Gasteiger charge is 2.21. The van der Waals surface area contributed by atoms with E-state index >= 15 is 0 Å². The van der Waals surface area contributed by atoms with Crippen molar-refractivity contribution in [3.63, 3.8) is 0 Å². The van der Waals surface area contributed by atoms with Crippen LogP contribution in [0.2, 0.25) is 0 Å². The number of carboxylic acids is 1. The lowest BCUT2D eigenvalue weighted by Gasteiger charge is -2.12. The van der Waals surface area contributed by atoms with Crippen LogP contribution in [-0.2, 0) is 14.4 Å². The van der Waals surface area contributed by atoms with E-state index in [1.54, 1.807) is 0 Å². The molecule has 0 spiro atoms. The summed E-state index contributed by atoms with van der Waals surface area (Å²) in [6, 6.07) is 6.63. The zero-order valence-corrected chi connectivity index (χ0v) is 12.5. The molecule has 4 N–H and O–H groups in total. The lowest BCUT2D eigenvalue weighted by atomic mass is 10.2. The fourth-order valence-corrected chi connectivity index (χ4v) is 2.42. The van der Waals surface area contributed by atoms with Crippen molar-refractivity contribution in [3.05, 3.63) is 29.8 Å². The fourth-order valence-electron chi connectivity index (χ4n) is 1.56. The van der Waals surface area contributed by atoms with Crippen molar-refractivity contribution in [2.45, 2.75) is 30.7 Å². The van der Waals surface area contributed by atoms with Crippen LogP contribution >= 0.6 is 11.8 Å². The lowest BCUT2D eigenvalue weighted by Crippen LogP contribution is -2.43. The molecule has 1 aromatic carbocycles. The second-order valence-electron chi connectivity index (χ2n) is 4.54. The van der Waals surface area contributed by atoms with Crippen molar-refractivity contribution in [1.82, 2.24) is 5.32 Å². The van der Waals surface area contributed by atoms with Gasteiger partial charge in [-0.3, -0.25) is 9.59 Å². The van der Waals surface area contributed by atoms with Crippen LogP contribution in [0.1, 0.15) is 18.4 Å². The number of hydrogen-bond donors (Lipinski definition) is 3. The topological polar surface area (TPSA) is 109 Å². The van der Waals surface area contributed by atoms with E-state index in [4.69, 9.17) is 10.8 Å². The Morgan fingerprint density at radius 2 is 1.90 bits per heavy atom. The van der Waals surface area contributed by atoms with Crippen LogP contribution < -0.4 is 11.1 Å². The van der Waals surface area contributed by atoms with Crippen molar-refractivity contribution < 1.29 is 19.5 Å². The molecule has 0 bridgehead atoms. The van der Waals surface area contributed by atoms with Gasteiger partial charge < -0.3 is 16.2 Å². The highest BCUT2D eigenvalue weighted by Crippen LogP contribution is 2.18. The number of aryl methyl sites for hydroxylation is 1. The van der Waals surface area contributed by atoms with Gasteiger partial charge >= 0.3 is 5.97 Å². The number of carbonyl (C=O) groups excluding carboxylic acids is 2. The Morgan fingerprint density at radius 1 is 1.29 bits per heavy atom. The molecule has 0 aliphatic heterocycles. The second kappa shape index (κ2) is 8.31. The van der Waals surface area contributed by atoms with E-state index in [0.29, 0.717) is 5.75 Å². The number of carbonyl (C=O) groups is 3. The average Bonchev–Trinajstić information content (AvgIpc) is 2.39. The van der Waals surface area contributed by atoms with Crippen molar-refractivity contribution in [2.75, 3.05) is 5.75 Å². The molecule has 7 heteroatoms. The first-order valence-corrected chi connectivity index (χ1v) is 7.37. The van der Waals surface area contributed by atoms with E-state index < -0.39 is 30.2 Å². The van der Waals surface area contributed by atoms with Crippen molar-refractivity contribution in [1.29, 1.82) is 0 Å². The molecule has 0 fully saturated rings. The third-order valence-corrected chi connectivity index (χ3v) is 3.67. The summed E-state index contributed by atoms with van der Waals surface area (Å²) in [6.07, 6.45) is -0.243. The van der Waals surface area contributed by atoms with Gasteiger partial charge in [-0.1, -0.05) is 17.7 Å². The maximum Gasteiger partial charge on any atom is 0.326 e. The highest BCUT2D eigenvalue weighted by atomic mass is 32.2. The first-order chi connectivity index (χ1) is 9.88. The number of nitrogens with one attached hydrogen (secondary N) is 1. The van der Waals surface area contributed by atoms with Gasteiger partial charge in [0.05, 0.1) is 6.42 Å². The fraction of sp³-hybridized carbons (Fsp3) is 0.357. The predicted octanol–water partition coefficient (Wildman–Crippen LogP) is 0.922. The third kappa shape index (κ3) is 6.80. The molecular weight excluding hydrogens is 292 g/mol. The molecule has 1 rings (SSSR count). The monoisotopic (exact) mass is 310 g/mol. The van der Waals surface area contributed by atoms with Gasteiger partial charge in [0.1, 0.15) is 6.04 Å². The van der Waals surface area contributed by atoms with Gasteiger partial charge in [0.25, 0.3) is 0 Å².